The molecule has 4 fully saturated rings. The van der Waals surface area contributed by atoms with E-state index in [1.54, 1.807) is 0 Å². The number of carbonyl (C=O) groups excluding carboxylic acids is 9. The van der Waals surface area contributed by atoms with E-state index in [2.05, 4.69) is 66.6 Å². The maximum Gasteiger partial charge on any atom is 0.248 e. The van der Waals surface area contributed by atoms with Crippen molar-refractivity contribution in [3.05, 3.63) is 200 Å². The fraction of sp³-hybridized carbons (Fsp3) is 0.430. The zero-order chi connectivity index (χ0) is 103. The second-order valence-electron chi connectivity index (χ2n) is 37.4. The van der Waals surface area contributed by atoms with Gasteiger partial charge in [-0.15, -0.1) is 0 Å². The van der Waals surface area contributed by atoms with E-state index in [1.807, 2.05) is 30.3 Å². The summed E-state index contributed by atoms with van der Waals surface area (Å²) in [6, 6.07) is 10.8. The Morgan fingerprint density at radius 3 is 1.72 bits per heavy atom. The molecule has 774 valence electrons. The summed E-state index contributed by atoms with van der Waals surface area (Å²) in [5.74, 6) is -17.5. The van der Waals surface area contributed by atoms with E-state index >= 15 is 28.8 Å². The van der Waals surface area contributed by atoms with E-state index in [4.69, 9.17) is 71.6 Å². The van der Waals surface area contributed by atoms with Crippen molar-refractivity contribution in [2.24, 2.45) is 11.7 Å². The van der Waals surface area contributed by atoms with Crippen LogP contribution in [0.4, 0.5) is 0 Å². The number of piperidine rings is 1. The second kappa shape index (κ2) is 45.4. The summed E-state index contributed by atoms with van der Waals surface area (Å²) in [6.07, 6.45) is -25.2. The van der Waals surface area contributed by atoms with E-state index in [0.717, 1.165) is 111 Å². The van der Waals surface area contributed by atoms with Gasteiger partial charge >= 0.3 is 0 Å². The number of ether oxygens (including phenoxy) is 9. The van der Waals surface area contributed by atoms with E-state index in [0.29, 0.717) is 38.4 Å². The zero-order valence-corrected chi connectivity index (χ0v) is 79.8. The number of aliphatic hydroxyl groups excluding tert-OH is 10. The van der Waals surface area contributed by atoms with Gasteiger partial charge in [-0.05, 0) is 149 Å². The first-order valence-corrected chi connectivity index (χ1v) is 48.1. The van der Waals surface area contributed by atoms with Crippen LogP contribution in [0.15, 0.2) is 146 Å². The fourth-order valence-electron chi connectivity index (χ4n) is 18.8. The van der Waals surface area contributed by atoms with Gasteiger partial charge in [0.05, 0.1) is 29.9 Å². The molecule has 8 aromatic carbocycles. The molecule has 8 aromatic rings. The number of phenols is 4. The van der Waals surface area contributed by atoms with E-state index in [-0.39, 0.29) is 63.8 Å². The lowest BCUT2D eigenvalue weighted by atomic mass is 9.88. The predicted molar refractivity (Wildman–Crippen MR) is 508 cm³/mol. The highest BCUT2D eigenvalue weighted by atomic mass is 35.5. The smallest absolute Gasteiger partial charge is 0.248 e. The Morgan fingerprint density at radius 2 is 1.08 bits per heavy atom. The van der Waals surface area contributed by atoms with Crippen molar-refractivity contribution in [2.45, 2.75) is 232 Å². The van der Waals surface area contributed by atoms with Crippen LogP contribution in [0.1, 0.15) is 153 Å². The van der Waals surface area contributed by atoms with Gasteiger partial charge in [-0.2, -0.15) is 0 Å². The van der Waals surface area contributed by atoms with Crippen LogP contribution in [0.5, 0.6) is 69.0 Å². The van der Waals surface area contributed by atoms with Crippen LogP contribution in [-0.2, 0) is 75.1 Å². The number of nitrogens with two attached hydrogens (primary N) is 1. The molecule has 43 nitrogen and oxygen atoms in total. The molecule has 10 aliphatic heterocycles. The first-order valence-electron chi connectivity index (χ1n) is 47.3. The van der Waals surface area contributed by atoms with Gasteiger partial charge < -0.3 is 168 Å². The highest BCUT2D eigenvalue weighted by molar-refractivity contribution is 6.32. The summed E-state index contributed by atoms with van der Waals surface area (Å²) in [5, 5.41) is 186. The van der Waals surface area contributed by atoms with Gasteiger partial charge in [0.25, 0.3) is 0 Å². The molecule has 0 radical (unpaired) electrons. The quantitative estimate of drug-likeness (QED) is 0.0434. The molecule has 0 saturated carbocycles. The Morgan fingerprint density at radius 1 is 0.503 bits per heavy atom. The van der Waals surface area contributed by atoms with Crippen LogP contribution in [0.3, 0.4) is 0 Å². The molecule has 17 bridgehead atoms. The Kier molecular flexibility index (Phi) is 32.9. The number of hydrogen-bond acceptors (Lipinski definition) is 34. The van der Waals surface area contributed by atoms with Crippen LogP contribution < -0.4 is 77.3 Å². The largest absolute Gasteiger partial charge is 0.508 e. The molecule has 10 aliphatic rings. The summed E-state index contributed by atoms with van der Waals surface area (Å²) in [7, 11) is 0. The second-order valence-corrected chi connectivity index (χ2v) is 38.2. The number of nitrogens with one attached hydrogen (secondary N) is 9. The van der Waals surface area contributed by atoms with Crippen molar-refractivity contribution in [3.8, 4) is 80.1 Å². The third-order valence-electron chi connectivity index (χ3n) is 26.6. The summed E-state index contributed by atoms with van der Waals surface area (Å²) < 4.78 is 58.7. The van der Waals surface area contributed by atoms with Crippen molar-refractivity contribution in [1.29, 1.82) is 0 Å². The maximum absolute atomic E-state index is 17.3. The number of aromatic hydroxyl groups is 4. The maximum atomic E-state index is 17.3. The lowest BCUT2D eigenvalue weighted by molar-refractivity contribution is -0.284. The number of hydrogen-bond donors (Lipinski definition) is 24. The monoisotopic (exact) mass is 2050 g/mol. The summed E-state index contributed by atoms with van der Waals surface area (Å²) in [5.41, 5.74) is 4.46. The van der Waals surface area contributed by atoms with Gasteiger partial charge in [0.2, 0.25) is 71.5 Å². The molecule has 4 saturated heterocycles. The molecule has 18 rings (SSSR count). The number of benzene rings is 8. The molecule has 0 unspecified atom stereocenters. The van der Waals surface area contributed by atoms with Crippen molar-refractivity contribution < 1.29 is 157 Å². The van der Waals surface area contributed by atoms with Gasteiger partial charge in [-0.3, -0.25) is 48.1 Å². The van der Waals surface area contributed by atoms with Crippen LogP contribution >= 0.6 is 23.2 Å². The van der Waals surface area contributed by atoms with E-state index < -0.39 is 310 Å². The van der Waals surface area contributed by atoms with Gasteiger partial charge in [-0.25, -0.2) is 0 Å². The Hall–Kier alpha value is -12.9. The van der Waals surface area contributed by atoms with Crippen molar-refractivity contribution in [2.75, 3.05) is 32.9 Å². The van der Waals surface area contributed by atoms with Gasteiger partial charge in [0.1, 0.15) is 162 Å². The minimum absolute atomic E-state index is 0.0336. The molecule has 9 amide bonds. The average molecular weight is 2050 g/mol. The summed E-state index contributed by atoms with van der Waals surface area (Å²) in [6.45, 7) is 3.34. The Labute approximate surface area is 838 Å². The Balaban J connectivity index is 0.941. The van der Waals surface area contributed by atoms with Crippen LogP contribution in [-0.4, -0.2) is 273 Å². The standard InChI is InChI=1S/C100H113Cl2N11O32/c1-43(2)11-7-4-5-10-14-72(122)107-80-86(127)83(124)70(41-115)142-99(80)145-90-67-34-51-35-68(90)139-64-22-18-49(32-59(64)102)89(144-98-79(104-44(3)117)85(126)82(123)69(40-114)141-98)81-97(136)111-78(96(135)105-52-23-25-113(26-24-52)39-45-12-8-6-9-13-45)57-37-54(119)38-66(140-100-88(129)87(128)84(125)71(42-116)143-100)73(57)56-31-48(17-19-61(56)120)75(93(132)112-81)109-95(134)77(51)110-94(133)76-50-29-53(118)36-55(30-50)137-65-33-47(16-20-62(65)121)74(103)92(131)106-60(91(130)108-76)28-46-15-21-63(138-67)58(101)27-46/h6,8-9,12-13,15-22,27,29-38,43,52,60,69-71,74-89,98-100,114-116,118-121,123-129H,4-5,7,10-11,14,23-26,28,39-42,103H2,1-3H3,(H,104,117)(H,105,135)(H,106,131)(H,107,122)(H,108,130)(H,109,134)(H,110,133)(H,111,136)(H,112,132)/t60-,69+,70+,71-,74-,75-,76+,77-,78+,79+,80+,81+,82-,83-,84-,85-,86-,87-,88+,89-,98+,99+,100+/m1/s1. The normalized spacial score (nSPS) is 28.2. The van der Waals surface area contributed by atoms with E-state index in [9.17, 15) is 85.9 Å². The molecule has 0 aliphatic carbocycles. The molecule has 25 N–H and O–H groups in total. The van der Waals surface area contributed by atoms with Gasteiger partial charge in [0, 0.05) is 68.7 Å². The predicted octanol–water partition coefficient (Wildman–Crippen LogP) is 2.72. The number of phenolic OH excluding ortho intramolecular Hbond substituents is 4. The summed E-state index contributed by atoms with van der Waals surface area (Å²) in [4.78, 5) is 145. The minimum Gasteiger partial charge on any atom is -0.508 e. The lowest BCUT2D eigenvalue weighted by Crippen LogP contribution is -2.65. The van der Waals surface area contributed by atoms with Gasteiger partial charge in [-0.1, -0.05) is 117 Å². The first-order chi connectivity index (χ1) is 69.4. The SMILES string of the molecule is CC(=O)N[C@@H]1[C@H](O[C@@H]2c3ccc(c(Cl)c3)Oc3cc4cc(c3O[C@@H]3O[C@@H](CO)[C@@H](O)[C@H](O)[C@@H]3NC(=O)CCCCCCC(C)C)Oc3ccc(cc3Cl)C[C@H]3NC(=O)[C@H](N)c5ccc(O)c(c5)Oc5cc(O)cc(c5)[C@H](NC3=O)C(=O)N[C@H]4C(=O)N[C@H]3C(=O)N[C@@H]2C(=O)N[C@H](C(=O)NC2CCN(Cc4ccccc4)CC2)c2cc(O)cc(O[C@H]4O[C@H](CO)[C@@H](O)[C@@H](O)[C@@H]4O)c2-c2cc3ccc2O)O[C@@H](CO)[C@@H](O)[C@@H]1O. The minimum atomic E-state index is -2.53. The molecule has 23 atom stereocenters. The molecular formula is C100H113Cl2N11O32. The van der Waals surface area contributed by atoms with Gasteiger partial charge in [0.15, 0.2) is 29.3 Å². The highest BCUT2D eigenvalue weighted by Gasteiger charge is 2.53. The number of likely N-dealkylation sites (tertiary alicyclic amines) is 1. The van der Waals surface area contributed by atoms with Crippen molar-refractivity contribution in [1.82, 2.24) is 52.8 Å². The molecule has 45 heteroatoms. The first kappa shape index (κ1) is 105. The molecule has 0 spiro atoms. The third-order valence-corrected chi connectivity index (χ3v) is 27.2. The Bertz CT molecular complexity index is 6150. The van der Waals surface area contributed by atoms with Crippen molar-refractivity contribution >= 4 is 76.4 Å². The number of carbonyl (C=O) groups is 9. The number of amides is 9. The summed E-state index contributed by atoms with van der Waals surface area (Å²) >= 11 is 15.0. The molecule has 10 heterocycles. The topological polar surface area (TPSA) is 657 Å². The zero-order valence-electron chi connectivity index (χ0n) is 78.3. The number of nitrogens with zero attached hydrogens (tertiary/aromatic N) is 1. The average Bonchev–Trinajstić information content (AvgIpc) is 0.707. The fourth-order valence-corrected chi connectivity index (χ4v) is 19.3. The number of unbranched alkanes of at least 4 members (excludes halogenated alkanes) is 3. The van der Waals surface area contributed by atoms with E-state index in [1.165, 1.54) is 36.4 Å². The molecule has 145 heavy (non-hydrogen) atoms. The highest BCUT2D eigenvalue weighted by Crippen LogP contribution is 2.52. The number of fused-ring (bicyclic) bond motifs is 14. The number of rotatable bonds is 22. The van der Waals surface area contributed by atoms with Crippen molar-refractivity contribution in [3.63, 3.8) is 0 Å². The third kappa shape index (κ3) is 23.6. The van der Waals surface area contributed by atoms with Crippen LogP contribution in [0, 0.1) is 5.92 Å². The molecular weight excluding hydrogens is 1940 g/mol. The number of aliphatic hydroxyl groups is 10. The number of halogens is 2. The van der Waals surface area contributed by atoms with Crippen LogP contribution in [0.25, 0.3) is 11.1 Å². The molecule has 0 aromatic heterocycles. The lowest BCUT2D eigenvalue weighted by Gasteiger charge is -2.44. The van der Waals surface area contributed by atoms with Crippen LogP contribution in [0.2, 0.25) is 10.0 Å².